The lowest BCUT2D eigenvalue weighted by molar-refractivity contribution is 0.298. The Hall–Kier alpha value is -1.35. The Morgan fingerprint density at radius 2 is 2.38 bits per heavy atom. The molecule has 68 valence electrons. The molecule has 2 rings (SSSR count). The molecular weight excluding hydrogens is 164 g/mol. The minimum absolute atomic E-state index is 0.174. The fourth-order valence-electron chi connectivity index (χ4n) is 1.57. The van der Waals surface area contributed by atoms with Crippen LogP contribution in [0.25, 0.3) is 11.0 Å². The first kappa shape index (κ1) is 8.26. The van der Waals surface area contributed by atoms with Crippen LogP contribution in [0.3, 0.4) is 0 Å². The molecule has 0 aliphatic heterocycles. The van der Waals surface area contributed by atoms with Gasteiger partial charge in [0, 0.05) is 30.3 Å². The monoisotopic (exact) mass is 176 g/mol. The van der Waals surface area contributed by atoms with E-state index in [0.29, 0.717) is 6.42 Å². The number of fused-ring (bicyclic) bond motifs is 1. The Balaban J connectivity index is 2.60. The maximum Gasteiger partial charge on any atom is 0.137 e. The molecule has 0 unspecified atom stereocenters. The summed E-state index contributed by atoms with van der Waals surface area (Å²) in [5, 5.41) is 9.97. The van der Waals surface area contributed by atoms with Crippen LogP contribution in [0.4, 0.5) is 0 Å². The average molecular weight is 176 g/mol. The highest BCUT2D eigenvalue weighted by atomic mass is 16.3. The van der Waals surface area contributed by atoms with E-state index in [0.717, 1.165) is 16.7 Å². The van der Waals surface area contributed by atoms with Crippen LogP contribution in [0.1, 0.15) is 11.3 Å². The zero-order valence-electron chi connectivity index (χ0n) is 7.54. The molecule has 2 aromatic heterocycles. The number of aryl methyl sites for hydroxylation is 1. The third kappa shape index (κ3) is 1.31. The number of pyridine rings is 1. The SMILES string of the molecule is Cc1c(CCO)[nH]c2ncccc12. The molecule has 13 heavy (non-hydrogen) atoms. The highest BCUT2D eigenvalue weighted by molar-refractivity contribution is 5.80. The van der Waals surface area contributed by atoms with Crippen LogP contribution in [0, 0.1) is 6.92 Å². The Labute approximate surface area is 76.4 Å². The molecule has 0 atom stereocenters. The van der Waals surface area contributed by atoms with E-state index >= 15 is 0 Å². The first-order valence-electron chi connectivity index (χ1n) is 4.36. The molecule has 0 aliphatic carbocycles. The van der Waals surface area contributed by atoms with Gasteiger partial charge in [0.25, 0.3) is 0 Å². The maximum absolute atomic E-state index is 8.83. The number of rotatable bonds is 2. The fourth-order valence-corrected chi connectivity index (χ4v) is 1.57. The van der Waals surface area contributed by atoms with Gasteiger partial charge < -0.3 is 10.1 Å². The lowest BCUT2D eigenvalue weighted by Gasteiger charge is -1.94. The fraction of sp³-hybridized carbons (Fsp3) is 0.300. The van der Waals surface area contributed by atoms with Gasteiger partial charge in [-0.05, 0) is 24.6 Å². The van der Waals surface area contributed by atoms with Crippen LogP contribution in [-0.2, 0) is 6.42 Å². The van der Waals surface area contributed by atoms with Crippen molar-refractivity contribution in [2.45, 2.75) is 13.3 Å². The molecule has 0 bridgehead atoms. The van der Waals surface area contributed by atoms with Gasteiger partial charge >= 0.3 is 0 Å². The summed E-state index contributed by atoms with van der Waals surface area (Å²) in [4.78, 5) is 7.40. The van der Waals surface area contributed by atoms with Gasteiger partial charge in [-0.25, -0.2) is 4.98 Å². The molecule has 0 radical (unpaired) electrons. The summed E-state index contributed by atoms with van der Waals surface area (Å²) in [6.45, 7) is 2.22. The number of aromatic amines is 1. The predicted molar refractivity (Wildman–Crippen MR) is 51.6 cm³/mol. The third-order valence-corrected chi connectivity index (χ3v) is 2.30. The normalized spacial score (nSPS) is 10.9. The van der Waals surface area contributed by atoms with E-state index in [2.05, 4.69) is 9.97 Å². The molecule has 2 heterocycles. The van der Waals surface area contributed by atoms with Crippen LogP contribution >= 0.6 is 0 Å². The lowest BCUT2D eigenvalue weighted by atomic mass is 10.1. The van der Waals surface area contributed by atoms with Crippen molar-refractivity contribution in [1.82, 2.24) is 9.97 Å². The van der Waals surface area contributed by atoms with Crippen LogP contribution in [0.2, 0.25) is 0 Å². The van der Waals surface area contributed by atoms with E-state index in [-0.39, 0.29) is 6.61 Å². The summed E-state index contributed by atoms with van der Waals surface area (Å²) in [5.41, 5.74) is 3.18. The zero-order chi connectivity index (χ0) is 9.26. The van der Waals surface area contributed by atoms with Crippen molar-refractivity contribution in [3.05, 3.63) is 29.6 Å². The highest BCUT2D eigenvalue weighted by Crippen LogP contribution is 2.19. The number of H-pyrrole nitrogens is 1. The first-order valence-corrected chi connectivity index (χ1v) is 4.36. The van der Waals surface area contributed by atoms with Gasteiger partial charge in [0.05, 0.1) is 0 Å². The summed E-state index contributed by atoms with van der Waals surface area (Å²) >= 11 is 0. The number of aliphatic hydroxyl groups is 1. The van der Waals surface area contributed by atoms with Crippen molar-refractivity contribution in [3.63, 3.8) is 0 Å². The number of nitrogens with one attached hydrogen (secondary N) is 1. The molecule has 0 fully saturated rings. The van der Waals surface area contributed by atoms with Crippen molar-refractivity contribution in [1.29, 1.82) is 0 Å². The van der Waals surface area contributed by atoms with Gasteiger partial charge in [-0.15, -0.1) is 0 Å². The van der Waals surface area contributed by atoms with Crippen molar-refractivity contribution >= 4 is 11.0 Å². The molecule has 0 saturated heterocycles. The van der Waals surface area contributed by atoms with Crippen LogP contribution < -0.4 is 0 Å². The van der Waals surface area contributed by atoms with E-state index in [1.54, 1.807) is 6.20 Å². The van der Waals surface area contributed by atoms with Crippen LogP contribution in [-0.4, -0.2) is 21.7 Å². The number of nitrogens with zero attached hydrogens (tertiary/aromatic N) is 1. The topological polar surface area (TPSA) is 48.9 Å². The Morgan fingerprint density at radius 1 is 1.54 bits per heavy atom. The molecule has 0 saturated carbocycles. The number of aliphatic hydroxyl groups excluding tert-OH is 1. The van der Waals surface area contributed by atoms with E-state index in [1.807, 2.05) is 19.1 Å². The molecule has 0 aromatic carbocycles. The third-order valence-electron chi connectivity index (χ3n) is 2.30. The highest BCUT2D eigenvalue weighted by Gasteiger charge is 2.06. The van der Waals surface area contributed by atoms with E-state index in [4.69, 9.17) is 5.11 Å². The Bertz CT molecular complexity index is 420. The van der Waals surface area contributed by atoms with Crippen molar-refractivity contribution in [3.8, 4) is 0 Å². The maximum atomic E-state index is 8.83. The summed E-state index contributed by atoms with van der Waals surface area (Å²) < 4.78 is 0. The largest absolute Gasteiger partial charge is 0.396 e. The van der Waals surface area contributed by atoms with Gasteiger partial charge in [0.15, 0.2) is 0 Å². The van der Waals surface area contributed by atoms with Gasteiger partial charge in [-0.3, -0.25) is 0 Å². The molecule has 0 aliphatic rings. The Morgan fingerprint density at radius 3 is 3.08 bits per heavy atom. The predicted octanol–water partition coefficient (Wildman–Crippen LogP) is 1.41. The standard InChI is InChI=1S/C10H12N2O/c1-7-8-3-2-5-11-10(8)12-9(7)4-6-13/h2-3,5,13H,4,6H2,1H3,(H,11,12). The second kappa shape index (κ2) is 3.18. The molecule has 3 nitrogen and oxygen atoms in total. The second-order valence-electron chi connectivity index (χ2n) is 3.10. The van der Waals surface area contributed by atoms with Gasteiger partial charge in [0.1, 0.15) is 5.65 Å². The smallest absolute Gasteiger partial charge is 0.137 e. The van der Waals surface area contributed by atoms with Crippen LogP contribution in [0.15, 0.2) is 18.3 Å². The van der Waals surface area contributed by atoms with Gasteiger partial charge in [0.2, 0.25) is 0 Å². The van der Waals surface area contributed by atoms with Crippen molar-refractivity contribution < 1.29 is 5.11 Å². The van der Waals surface area contributed by atoms with Crippen molar-refractivity contribution in [2.75, 3.05) is 6.61 Å². The van der Waals surface area contributed by atoms with Gasteiger partial charge in [-0.2, -0.15) is 0 Å². The molecule has 3 heteroatoms. The summed E-state index contributed by atoms with van der Waals surface area (Å²) in [7, 11) is 0. The van der Waals surface area contributed by atoms with E-state index in [9.17, 15) is 0 Å². The minimum atomic E-state index is 0.174. The molecule has 0 amide bonds. The van der Waals surface area contributed by atoms with Gasteiger partial charge in [-0.1, -0.05) is 0 Å². The van der Waals surface area contributed by atoms with Crippen molar-refractivity contribution in [2.24, 2.45) is 0 Å². The number of hydrogen-bond donors (Lipinski definition) is 2. The zero-order valence-corrected chi connectivity index (χ0v) is 7.54. The lowest BCUT2D eigenvalue weighted by Crippen LogP contribution is -1.92. The quantitative estimate of drug-likeness (QED) is 0.726. The molecule has 2 N–H and O–H groups in total. The Kier molecular flexibility index (Phi) is 2.02. The summed E-state index contributed by atoms with van der Waals surface area (Å²) in [6.07, 6.45) is 2.43. The molecule has 0 spiro atoms. The molecular formula is C10H12N2O. The second-order valence-corrected chi connectivity index (χ2v) is 3.10. The van der Waals surface area contributed by atoms with E-state index < -0.39 is 0 Å². The van der Waals surface area contributed by atoms with Crippen LogP contribution in [0.5, 0.6) is 0 Å². The number of hydrogen-bond acceptors (Lipinski definition) is 2. The molecule has 2 aromatic rings. The van der Waals surface area contributed by atoms with E-state index in [1.165, 1.54) is 5.56 Å². The minimum Gasteiger partial charge on any atom is -0.396 e. The average Bonchev–Trinajstić information content (AvgIpc) is 2.46. The first-order chi connectivity index (χ1) is 6.33. The summed E-state index contributed by atoms with van der Waals surface area (Å²) in [5.74, 6) is 0. The summed E-state index contributed by atoms with van der Waals surface area (Å²) in [6, 6.07) is 3.96. The number of aromatic nitrogens is 2.